The molecule has 0 atom stereocenters. The van der Waals surface area contributed by atoms with Crippen molar-refractivity contribution in [3.05, 3.63) is 34.9 Å². The van der Waals surface area contributed by atoms with Crippen molar-refractivity contribution in [2.24, 2.45) is 4.99 Å². The van der Waals surface area contributed by atoms with E-state index in [-0.39, 0.29) is 29.9 Å². The number of halogens is 2. The van der Waals surface area contributed by atoms with Gasteiger partial charge in [0.2, 0.25) is 0 Å². The first kappa shape index (κ1) is 22.9. The van der Waals surface area contributed by atoms with Gasteiger partial charge in [0.25, 0.3) is 5.91 Å². The molecule has 0 unspecified atom stereocenters. The van der Waals surface area contributed by atoms with Gasteiger partial charge in [-0.05, 0) is 37.6 Å². The van der Waals surface area contributed by atoms with E-state index in [1.807, 2.05) is 6.92 Å². The molecule has 1 aromatic carbocycles. The molecule has 1 aromatic rings. The number of amides is 1. The number of carbonyl (C=O) groups excluding carboxylic acids is 1. The molecule has 8 heteroatoms. The van der Waals surface area contributed by atoms with E-state index in [2.05, 4.69) is 20.9 Å². The summed E-state index contributed by atoms with van der Waals surface area (Å²) in [5, 5.41) is 9.79. The zero-order chi connectivity index (χ0) is 16.9. The van der Waals surface area contributed by atoms with E-state index in [0.29, 0.717) is 36.8 Å². The zero-order valence-electron chi connectivity index (χ0n) is 14.1. The number of nitrogens with one attached hydrogen (secondary N) is 3. The summed E-state index contributed by atoms with van der Waals surface area (Å²) in [6.07, 6.45) is 0.875. The van der Waals surface area contributed by atoms with Crippen molar-refractivity contribution >= 4 is 47.4 Å². The van der Waals surface area contributed by atoms with Gasteiger partial charge in [-0.1, -0.05) is 11.6 Å². The Hall–Kier alpha value is -1.06. The second-order valence-corrected chi connectivity index (χ2v) is 5.23. The van der Waals surface area contributed by atoms with E-state index in [0.717, 1.165) is 18.9 Å². The van der Waals surface area contributed by atoms with Gasteiger partial charge < -0.3 is 20.7 Å². The number of carbonyl (C=O) groups is 1. The molecule has 1 amide bonds. The highest BCUT2D eigenvalue weighted by atomic mass is 127. The van der Waals surface area contributed by atoms with Crippen molar-refractivity contribution in [2.75, 3.05) is 39.9 Å². The number of aliphatic imine (C=N–C) groups is 1. The fraction of sp³-hybridized carbons (Fsp3) is 0.500. The quantitative estimate of drug-likeness (QED) is 0.225. The lowest BCUT2D eigenvalue weighted by Crippen LogP contribution is -2.41. The third-order valence-electron chi connectivity index (χ3n) is 2.93. The average Bonchev–Trinajstić information content (AvgIpc) is 2.55. The zero-order valence-corrected chi connectivity index (χ0v) is 17.2. The number of rotatable bonds is 9. The molecule has 0 saturated heterocycles. The van der Waals surface area contributed by atoms with E-state index >= 15 is 0 Å². The van der Waals surface area contributed by atoms with Crippen molar-refractivity contribution in [1.82, 2.24) is 16.0 Å². The minimum atomic E-state index is -0.120. The highest BCUT2D eigenvalue weighted by molar-refractivity contribution is 14.0. The smallest absolute Gasteiger partial charge is 0.251 e. The molecule has 0 radical (unpaired) electrons. The van der Waals surface area contributed by atoms with Crippen LogP contribution in [0.15, 0.2) is 29.3 Å². The maximum absolute atomic E-state index is 11.9. The summed E-state index contributed by atoms with van der Waals surface area (Å²) in [4.78, 5) is 16.4. The van der Waals surface area contributed by atoms with Gasteiger partial charge in [-0.3, -0.25) is 9.79 Å². The molecular formula is C16H26ClIN4O2. The Bertz CT molecular complexity index is 497. The number of methoxy groups -OCH3 is 1. The maximum atomic E-state index is 11.9. The van der Waals surface area contributed by atoms with Gasteiger partial charge >= 0.3 is 0 Å². The Morgan fingerprint density at radius 3 is 2.46 bits per heavy atom. The van der Waals surface area contributed by atoms with Gasteiger partial charge in [0.1, 0.15) is 0 Å². The summed E-state index contributed by atoms with van der Waals surface area (Å²) in [5.74, 6) is 0.620. The first-order valence-corrected chi connectivity index (χ1v) is 8.10. The Morgan fingerprint density at radius 2 is 1.83 bits per heavy atom. The molecule has 0 bridgehead atoms. The number of benzene rings is 1. The third kappa shape index (κ3) is 9.94. The van der Waals surface area contributed by atoms with E-state index in [1.54, 1.807) is 31.4 Å². The van der Waals surface area contributed by atoms with Crippen LogP contribution in [0.4, 0.5) is 0 Å². The molecule has 6 nitrogen and oxygen atoms in total. The van der Waals surface area contributed by atoms with Crippen LogP contribution in [0, 0.1) is 0 Å². The number of hydrogen-bond acceptors (Lipinski definition) is 3. The molecule has 136 valence electrons. The summed E-state index contributed by atoms with van der Waals surface area (Å²) < 4.78 is 4.99. The number of nitrogens with zero attached hydrogens (tertiary/aromatic N) is 1. The van der Waals surface area contributed by atoms with E-state index in [4.69, 9.17) is 16.3 Å². The molecule has 0 heterocycles. The van der Waals surface area contributed by atoms with Crippen molar-refractivity contribution < 1.29 is 9.53 Å². The number of hydrogen-bond donors (Lipinski definition) is 3. The van der Waals surface area contributed by atoms with E-state index in [1.165, 1.54) is 0 Å². The van der Waals surface area contributed by atoms with Gasteiger partial charge in [-0.2, -0.15) is 0 Å². The van der Waals surface area contributed by atoms with Crippen LogP contribution in [0.3, 0.4) is 0 Å². The standard InChI is InChI=1S/C16H25ClN4O2.HI/c1-3-18-16(20-9-4-12-23-2)21-11-10-19-15(22)13-5-7-14(17)8-6-13;/h5-8H,3-4,9-12H2,1-2H3,(H,19,22)(H2,18,20,21);1H. The molecule has 0 aromatic heterocycles. The third-order valence-corrected chi connectivity index (χ3v) is 3.18. The summed E-state index contributed by atoms with van der Waals surface area (Å²) in [6.45, 7) is 5.28. The van der Waals surface area contributed by atoms with Crippen molar-refractivity contribution in [2.45, 2.75) is 13.3 Å². The molecule has 24 heavy (non-hydrogen) atoms. The highest BCUT2D eigenvalue weighted by Gasteiger charge is 2.04. The van der Waals surface area contributed by atoms with Gasteiger partial charge in [-0.25, -0.2) is 0 Å². The summed E-state index contributed by atoms with van der Waals surface area (Å²) >= 11 is 5.80. The minimum Gasteiger partial charge on any atom is -0.385 e. The fourth-order valence-electron chi connectivity index (χ4n) is 1.80. The van der Waals surface area contributed by atoms with Crippen LogP contribution in [0.2, 0.25) is 5.02 Å². The Balaban J connectivity index is 0.00000529. The Kier molecular flexibility index (Phi) is 13.7. The van der Waals surface area contributed by atoms with Crippen molar-refractivity contribution in [3.63, 3.8) is 0 Å². The average molecular weight is 469 g/mol. The predicted octanol–water partition coefficient (Wildman–Crippen LogP) is 2.28. The molecule has 0 fully saturated rings. The van der Waals surface area contributed by atoms with Crippen molar-refractivity contribution in [1.29, 1.82) is 0 Å². The predicted molar refractivity (Wildman–Crippen MR) is 110 cm³/mol. The Morgan fingerprint density at radius 1 is 1.17 bits per heavy atom. The first-order valence-electron chi connectivity index (χ1n) is 7.72. The molecule has 0 aliphatic rings. The second kappa shape index (κ2) is 14.3. The van der Waals surface area contributed by atoms with E-state index < -0.39 is 0 Å². The van der Waals surface area contributed by atoms with Crippen LogP contribution in [0.25, 0.3) is 0 Å². The van der Waals surface area contributed by atoms with Crippen LogP contribution in [-0.4, -0.2) is 51.8 Å². The molecule has 0 spiro atoms. The summed E-state index contributed by atoms with van der Waals surface area (Å²) in [6, 6.07) is 6.80. The molecular weight excluding hydrogens is 443 g/mol. The van der Waals surface area contributed by atoms with Crippen LogP contribution in [-0.2, 0) is 4.74 Å². The molecule has 1 rings (SSSR count). The number of ether oxygens (including phenoxy) is 1. The highest BCUT2D eigenvalue weighted by Crippen LogP contribution is 2.08. The van der Waals surface area contributed by atoms with Crippen LogP contribution < -0.4 is 16.0 Å². The molecule has 0 aliphatic heterocycles. The van der Waals surface area contributed by atoms with Crippen LogP contribution >= 0.6 is 35.6 Å². The van der Waals surface area contributed by atoms with E-state index in [9.17, 15) is 4.79 Å². The largest absolute Gasteiger partial charge is 0.385 e. The monoisotopic (exact) mass is 468 g/mol. The normalized spacial score (nSPS) is 10.7. The lowest BCUT2D eigenvalue weighted by molar-refractivity contribution is 0.0954. The van der Waals surface area contributed by atoms with Crippen LogP contribution in [0.5, 0.6) is 0 Å². The van der Waals surface area contributed by atoms with Gasteiger partial charge in [-0.15, -0.1) is 24.0 Å². The Labute approximate surface area is 165 Å². The number of guanidine groups is 1. The SMILES string of the molecule is CCNC(=NCCCOC)NCCNC(=O)c1ccc(Cl)cc1.I. The summed E-state index contributed by atoms with van der Waals surface area (Å²) in [7, 11) is 1.68. The molecule has 3 N–H and O–H groups in total. The fourth-order valence-corrected chi connectivity index (χ4v) is 1.93. The molecule has 0 aliphatic carbocycles. The van der Waals surface area contributed by atoms with Gasteiger partial charge in [0.15, 0.2) is 5.96 Å². The lowest BCUT2D eigenvalue weighted by Gasteiger charge is -2.12. The van der Waals surface area contributed by atoms with Crippen LogP contribution in [0.1, 0.15) is 23.7 Å². The lowest BCUT2D eigenvalue weighted by atomic mass is 10.2. The molecule has 0 saturated carbocycles. The summed E-state index contributed by atoms with van der Waals surface area (Å²) in [5.41, 5.74) is 0.592. The van der Waals surface area contributed by atoms with Gasteiger partial charge in [0, 0.05) is 50.5 Å². The first-order chi connectivity index (χ1) is 11.2. The van der Waals surface area contributed by atoms with Crippen molar-refractivity contribution in [3.8, 4) is 0 Å². The van der Waals surface area contributed by atoms with Gasteiger partial charge in [0.05, 0.1) is 0 Å². The maximum Gasteiger partial charge on any atom is 0.251 e. The topological polar surface area (TPSA) is 74.8 Å². The minimum absolute atomic E-state index is 0. The second-order valence-electron chi connectivity index (χ2n) is 4.80.